The van der Waals surface area contributed by atoms with Gasteiger partial charge in [-0.2, -0.15) is 0 Å². The molecule has 0 spiro atoms. The fourth-order valence-electron chi connectivity index (χ4n) is 1.86. The van der Waals surface area contributed by atoms with Crippen LogP contribution in [0.4, 0.5) is 0 Å². The maximum absolute atomic E-state index is 11.8. The van der Waals surface area contributed by atoms with E-state index >= 15 is 0 Å². The van der Waals surface area contributed by atoms with Crippen LogP contribution in [-0.4, -0.2) is 28.6 Å². The Kier molecular flexibility index (Phi) is 6.13. The summed E-state index contributed by atoms with van der Waals surface area (Å²) in [5.74, 6) is -0.380. The minimum Gasteiger partial charge on any atom is -0.520 e. The van der Waals surface area contributed by atoms with Gasteiger partial charge in [0.2, 0.25) is 16.6 Å². The number of hydrogen-bond donors (Lipinski definition) is 0. The maximum atomic E-state index is 11.8. The van der Waals surface area contributed by atoms with Crippen LogP contribution in [-0.2, 0) is 31.3 Å². The van der Waals surface area contributed by atoms with E-state index in [1.54, 1.807) is 0 Å². The van der Waals surface area contributed by atoms with Gasteiger partial charge in [-0.1, -0.05) is 24.3 Å². The van der Waals surface area contributed by atoms with Gasteiger partial charge >= 0.3 is 0 Å². The summed E-state index contributed by atoms with van der Waals surface area (Å²) < 4.78 is 10.8. The topological polar surface area (TPSA) is 52.6 Å². The van der Waals surface area contributed by atoms with E-state index in [-0.39, 0.29) is 24.8 Å². The standard InChI is InChI=1S/C16H26O4Si2/c1-21(2,3)19-15(17)11-13-7-9-14(10-8-13)12-16(18)20-22(4,5)6/h7-10H,11-12H2,1-6H3. The molecule has 4 nitrogen and oxygen atoms in total. The molecule has 0 aliphatic carbocycles. The molecule has 0 radical (unpaired) electrons. The van der Waals surface area contributed by atoms with Crippen LogP contribution in [0.2, 0.25) is 39.3 Å². The van der Waals surface area contributed by atoms with Gasteiger partial charge in [-0.15, -0.1) is 0 Å². The molecule has 0 bridgehead atoms. The number of benzene rings is 1. The Morgan fingerprint density at radius 1 is 0.727 bits per heavy atom. The van der Waals surface area contributed by atoms with E-state index in [9.17, 15) is 9.59 Å². The Morgan fingerprint density at radius 3 is 1.23 bits per heavy atom. The third kappa shape index (κ3) is 8.14. The van der Waals surface area contributed by atoms with Gasteiger partial charge in [0.25, 0.3) is 11.9 Å². The van der Waals surface area contributed by atoms with Crippen molar-refractivity contribution in [1.82, 2.24) is 0 Å². The van der Waals surface area contributed by atoms with Crippen LogP contribution in [0.15, 0.2) is 24.3 Å². The van der Waals surface area contributed by atoms with E-state index < -0.39 is 16.6 Å². The molecule has 1 aromatic rings. The Hall–Kier alpha value is -1.41. The zero-order valence-corrected chi connectivity index (χ0v) is 16.4. The third-order valence-corrected chi connectivity index (χ3v) is 4.24. The van der Waals surface area contributed by atoms with E-state index in [4.69, 9.17) is 8.85 Å². The second-order valence-corrected chi connectivity index (χ2v) is 16.2. The summed E-state index contributed by atoms with van der Waals surface area (Å²) in [6.45, 7) is 11.9. The highest BCUT2D eigenvalue weighted by Gasteiger charge is 2.21. The van der Waals surface area contributed by atoms with Crippen LogP contribution in [0.5, 0.6) is 0 Å². The van der Waals surface area contributed by atoms with Crippen LogP contribution in [0.3, 0.4) is 0 Å². The van der Waals surface area contributed by atoms with Gasteiger partial charge in [-0.05, 0) is 50.4 Å². The zero-order valence-electron chi connectivity index (χ0n) is 14.4. The molecule has 22 heavy (non-hydrogen) atoms. The summed E-state index contributed by atoms with van der Waals surface area (Å²) in [6.07, 6.45) is 0.536. The molecule has 0 amide bonds. The molecule has 6 heteroatoms. The van der Waals surface area contributed by atoms with E-state index in [0.29, 0.717) is 0 Å². The molecule has 0 fully saturated rings. The normalized spacial score (nSPS) is 11.9. The maximum Gasteiger partial charge on any atom is 0.296 e. The smallest absolute Gasteiger partial charge is 0.296 e. The Morgan fingerprint density at radius 2 is 1.00 bits per heavy atom. The number of rotatable bonds is 6. The molecule has 122 valence electrons. The highest BCUT2D eigenvalue weighted by Crippen LogP contribution is 2.11. The predicted octanol–water partition coefficient (Wildman–Crippen LogP) is 3.53. The molecule has 0 saturated carbocycles. The lowest BCUT2D eigenvalue weighted by molar-refractivity contribution is -0.135. The molecule has 0 unspecified atom stereocenters. The van der Waals surface area contributed by atoms with E-state index in [0.717, 1.165) is 11.1 Å². The largest absolute Gasteiger partial charge is 0.520 e. The van der Waals surface area contributed by atoms with Crippen LogP contribution in [0.25, 0.3) is 0 Å². The SMILES string of the molecule is C[Si](C)(C)OC(=O)Cc1ccc(CC(=O)O[Si](C)(C)C)cc1. The molecule has 1 rings (SSSR count). The van der Waals surface area contributed by atoms with Crippen molar-refractivity contribution in [3.63, 3.8) is 0 Å². The van der Waals surface area contributed by atoms with Crippen LogP contribution in [0.1, 0.15) is 11.1 Å². The lowest BCUT2D eigenvalue weighted by Gasteiger charge is -2.18. The Labute approximate surface area is 135 Å². The number of carbonyl (C=O) groups excluding carboxylic acids is 2. The molecule has 0 aliphatic rings. The van der Waals surface area contributed by atoms with Crippen molar-refractivity contribution in [3.05, 3.63) is 35.4 Å². The van der Waals surface area contributed by atoms with Crippen molar-refractivity contribution >= 4 is 28.6 Å². The van der Waals surface area contributed by atoms with Gasteiger partial charge < -0.3 is 8.85 Å². The van der Waals surface area contributed by atoms with Crippen molar-refractivity contribution in [2.45, 2.75) is 52.1 Å². The van der Waals surface area contributed by atoms with Crippen molar-refractivity contribution in [2.75, 3.05) is 0 Å². The molecular weight excluding hydrogens is 312 g/mol. The molecule has 0 aliphatic heterocycles. The molecule has 0 N–H and O–H groups in total. The molecule has 0 saturated heterocycles. The summed E-state index contributed by atoms with van der Waals surface area (Å²) in [7, 11) is -3.67. The summed E-state index contributed by atoms with van der Waals surface area (Å²) in [4.78, 5) is 23.6. The monoisotopic (exact) mass is 338 g/mol. The summed E-state index contributed by atoms with van der Waals surface area (Å²) in [5, 5.41) is 0. The van der Waals surface area contributed by atoms with E-state index in [1.807, 2.05) is 63.5 Å². The van der Waals surface area contributed by atoms with Gasteiger partial charge in [0.05, 0.1) is 12.8 Å². The van der Waals surface area contributed by atoms with Gasteiger partial charge in [-0.25, -0.2) is 0 Å². The Bertz CT molecular complexity index is 476. The number of carbonyl (C=O) groups is 2. The average molecular weight is 339 g/mol. The van der Waals surface area contributed by atoms with Crippen molar-refractivity contribution in [3.8, 4) is 0 Å². The average Bonchev–Trinajstić information content (AvgIpc) is 2.26. The van der Waals surface area contributed by atoms with Gasteiger partial charge in [-0.3, -0.25) is 9.59 Å². The molecule has 0 aromatic heterocycles. The van der Waals surface area contributed by atoms with Gasteiger partial charge in [0.1, 0.15) is 0 Å². The quantitative estimate of drug-likeness (QED) is 0.745. The molecular formula is C16H26O4Si2. The van der Waals surface area contributed by atoms with Crippen molar-refractivity contribution in [2.24, 2.45) is 0 Å². The van der Waals surface area contributed by atoms with Crippen LogP contribution in [0, 0.1) is 0 Å². The second-order valence-electron chi connectivity index (χ2n) is 7.34. The van der Waals surface area contributed by atoms with E-state index in [2.05, 4.69) is 0 Å². The lowest BCUT2D eigenvalue weighted by Crippen LogP contribution is -2.30. The Balaban J connectivity index is 2.56. The minimum atomic E-state index is -1.84. The fourth-order valence-corrected chi connectivity index (χ4v) is 3.37. The summed E-state index contributed by atoms with van der Waals surface area (Å²) in [5.41, 5.74) is 1.79. The van der Waals surface area contributed by atoms with Gasteiger partial charge in [0.15, 0.2) is 0 Å². The lowest BCUT2D eigenvalue weighted by atomic mass is 10.1. The minimum absolute atomic E-state index is 0.190. The first kappa shape index (κ1) is 18.6. The second kappa shape index (κ2) is 7.24. The third-order valence-electron chi connectivity index (χ3n) is 2.56. The highest BCUT2D eigenvalue weighted by atomic mass is 28.4. The predicted molar refractivity (Wildman–Crippen MR) is 92.7 cm³/mol. The molecule has 0 heterocycles. The zero-order chi connectivity index (χ0) is 17.0. The number of hydrogen-bond acceptors (Lipinski definition) is 4. The first-order chi connectivity index (χ1) is 9.94. The molecule has 0 atom stereocenters. The highest BCUT2D eigenvalue weighted by molar-refractivity contribution is 6.71. The van der Waals surface area contributed by atoms with E-state index in [1.165, 1.54) is 0 Å². The van der Waals surface area contributed by atoms with Crippen LogP contribution < -0.4 is 0 Å². The summed E-state index contributed by atoms with van der Waals surface area (Å²) in [6, 6.07) is 7.45. The van der Waals surface area contributed by atoms with Gasteiger partial charge in [0, 0.05) is 0 Å². The first-order valence-corrected chi connectivity index (χ1v) is 14.3. The summed E-state index contributed by atoms with van der Waals surface area (Å²) >= 11 is 0. The van der Waals surface area contributed by atoms with Crippen molar-refractivity contribution < 1.29 is 18.4 Å². The first-order valence-electron chi connectivity index (χ1n) is 7.46. The van der Waals surface area contributed by atoms with Crippen LogP contribution >= 0.6 is 0 Å². The molecule has 1 aromatic carbocycles. The fraction of sp³-hybridized carbons (Fsp3) is 0.500. The van der Waals surface area contributed by atoms with Crippen molar-refractivity contribution in [1.29, 1.82) is 0 Å².